The fourth-order valence-electron chi connectivity index (χ4n) is 2.76. The van der Waals surface area contributed by atoms with Gasteiger partial charge in [0.15, 0.2) is 0 Å². The summed E-state index contributed by atoms with van der Waals surface area (Å²) in [6.07, 6.45) is -7.25. The SMILES string of the molecule is O=C(OC(CO)C(F)(F)F)N1CC2(CC(=CB(O)O)C2)C1. The number of carbonyl (C=O) groups is 1. The second kappa shape index (κ2) is 5.50. The summed E-state index contributed by atoms with van der Waals surface area (Å²) >= 11 is 0. The van der Waals surface area contributed by atoms with Crippen molar-refractivity contribution in [2.45, 2.75) is 25.1 Å². The lowest BCUT2D eigenvalue weighted by molar-refractivity contribution is -0.217. The van der Waals surface area contributed by atoms with Crippen LogP contribution in [0.1, 0.15) is 12.8 Å². The lowest BCUT2D eigenvalue weighted by Crippen LogP contribution is -2.62. The highest BCUT2D eigenvalue weighted by molar-refractivity contribution is 6.47. The maximum absolute atomic E-state index is 12.4. The first kappa shape index (κ1) is 16.1. The molecule has 0 radical (unpaired) electrons. The number of aliphatic hydroxyl groups is 1. The quantitative estimate of drug-likeness (QED) is 0.642. The normalized spacial score (nSPS) is 21.4. The molecule has 1 unspecified atom stereocenters. The lowest BCUT2D eigenvalue weighted by Gasteiger charge is -2.56. The summed E-state index contributed by atoms with van der Waals surface area (Å²) in [5, 5.41) is 26.1. The average Bonchev–Trinajstić information content (AvgIpc) is 2.24. The number of rotatable bonds is 3. The Morgan fingerprint density at radius 2 is 2.00 bits per heavy atom. The molecule has 3 N–H and O–H groups in total. The Labute approximate surface area is 118 Å². The minimum absolute atomic E-state index is 0.188. The van der Waals surface area contributed by atoms with E-state index < -0.39 is 32.1 Å². The zero-order chi connectivity index (χ0) is 15.8. The third-order valence-electron chi connectivity index (χ3n) is 3.67. The molecule has 6 nitrogen and oxygen atoms in total. The molecule has 1 aliphatic carbocycles. The predicted molar refractivity (Wildman–Crippen MR) is 64.9 cm³/mol. The number of aliphatic hydroxyl groups excluding tert-OH is 1. The van der Waals surface area contributed by atoms with Crippen molar-refractivity contribution in [3.63, 3.8) is 0 Å². The lowest BCUT2D eigenvalue weighted by atomic mass is 9.59. The highest BCUT2D eigenvalue weighted by Crippen LogP contribution is 2.51. The third kappa shape index (κ3) is 3.50. The van der Waals surface area contributed by atoms with E-state index in [0.717, 1.165) is 10.5 Å². The van der Waals surface area contributed by atoms with Crippen LogP contribution >= 0.6 is 0 Å². The summed E-state index contributed by atoms with van der Waals surface area (Å²) in [5.74, 6) is 1.30. The van der Waals surface area contributed by atoms with Crippen LogP contribution in [0.4, 0.5) is 18.0 Å². The molecule has 1 amide bonds. The number of hydrogen-bond donors (Lipinski definition) is 3. The van der Waals surface area contributed by atoms with Crippen molar-refractivity contribution >= 4 is 13.2 Å². The van der Waals surface area contributed by atoms with Gasteiger partial charge in [0.25, 0.3) is 0 Å². The summed E-state index contributed by atoms with van der Waals surface area (Å²) in [5.41, 5.74) is 0.661. The van der Waals surface area contributed by atoms with Crippen LogP contribution in [0, 0.1) is 5.41 Å². The highest BCUT2D eigenvalue weighted by Gasteiger charge is 2.53. The number of ether oxygens (including phenoxy) is 1. The van der Waals surface area contributed by atoms with Crippen LogP contribution in [-0.2, 0) is 4.74 Å². The summed E-state index contributed by atoms with van der Waals surface area (Å²) in [6.45, 7) is -0.781. The van der Waals surface area contributed by atoms with E-state index in [2.05, 4.69) is 4.74 Å². The first-order valence-corrected chi connectivity index (χ1v) is 6.34. The third-order valence-corrected chi connectivity index (χ3v) is 3.67. The van der Waals surface area contributed by atoms with Crippen LogP contribution in [0.2, 0.25) is 0 Å². The number of halogens is 3. The van der Waals surface area contributed by atoms with Crippen molar-refractivity contribution in [3.8, 4) is 0 Å². The largest absolute Gasteiger partial charge is 0.480 e. The molecule has 2 aliphatic rings. The molecule has 1 saturated carbocycles. The van der Waals surface area contributed by atoms with Gasteiger partial charge in [-0.05, 0) is 12.8 Å². The van der Waals surface area contributed by atoms with E-state index in [4.69, 9.17) is 15.2 Å². The van der Waals surface area contributed by atoms with Crippen LogP contribution < -0.4 is 0 Å². The topological polar surface area (TPSA) is 90.2 Å². The minimum Gasteiger partial charge on any atom is -0.434 e. The van der Waals surface area contributed by atoms with Crippen molar-refractivity contribution in [3.05, 3.63) is 11.5 Å². The van der Waals surface area contributed by atoms with E-state index in [1.54, 1.807) is 0 Å². The molecular formula is C11H15BF3NO5. The van der Waals surface area contributed by atoms with Crippen LogP contribution in [0.5, 0.6) is 0 Å². The summed E-state index contributed by atoms with van der Waals surface area (Å²) in [4.78, 5) is 12.7. The van der Waals surface area contributed by atoms with Gasteiger partial charge in [-0.25, -0.2) is 4.79 Å². The van der Waals surface area contributed by atoms with Gasteiger partial charge in [-0.2, -0.15) is 13.2 Å². The van der Waals surface area contributed by atoms with Gasteiger partial charge in [-0.3, -0.25) is 0 Å². The van der Waals surface area contributed by atoms with Crippen molar-refractivity contribution in [1.29, 1.82) is 0 Å². The number of hydrogen-bond acceptors (Lipinski definition) is 5. The number of nitrogens with zero attached hydrogens (tertiary/aromatic N) is 1. The standard InChI is InChI=1S/C11H15BF3NO5/c13-11(14,15)8(4-17)21-9(18)16-5-10(6-16)1-7(2-10)3-12(19)20/h3,8,17,19-20H,1-2,4-6H2. The molecule has 1 heterocycles. The fraction of sp³-hybridized carbons (Fsp3) is 0.727. The van der Waals surface area contributed by atoms with Gasteiger partial charge in [-0.15, -0.1) is 0 Å². The van der Waals surface area contributed by atoms with Gasteiger partial charge in [0.1, 0.15) is 0 Å². The molecule has 10 heteroatoms. The molecular weight excluding hydrogens is 294 g/mol. The van der Waals surface area contributed by atoms with Crippen LogP contribution in [0.15, 0.2) is 11.5 Å². The molecule has 1 spiro atoms. The second-order valence-electron chi connectivity index (χ2n) is 5.54. The second-order valence-corrected chi connectivity index (χ2v) is 5.54. The number of amides is 1. The molecule has 0 aromatic rings. The molecule has 0 aromatic heterocycles. The molecule has 21 heavy (non-hydrogen) atoms. The number of likely N-dealkylation sites (tertiary alicyclic amines) is 1. The average molecular weight is 309 g/mol. The van der Waals surface area contributed by atoms with Gasteiger partial charge >= 0.3 is 19.4 Å². The zero-order valence-corrected chi connectivity index (χ0v) is 11.0. The Morgan fingerprint density at radius 3 is 2.43 bits per heavy atom. The van der Waals surface area contributed by atoms with E-state index in [9.17, 15) is 18.0 Å². The van der Waals surface area contributed by atoms with Crippen molar-refractivity contribution in [2.75, 3.05) is 19.7 Å². The predicted octanol–water partition coefficient (Wildman–Crippen LogP) is 0.0804. The summed E-state index contributed by atoms with van der Waals surface area (Å²) in [6, 6.07) is 0. The van der Waals surface area contributed by atoms with Crippen LogP contribution in [-0.4, -0.2) is 65.2 Å². The van der Waals surface area contributed by atoms with Crippen molar-refractivity contribution in [1.82, 2.24) is 4.90 Å². The minimum atomic E-state index is -4.80. The van der Waals surface area contributed by atoms with E-state index >= 15 is 0 Å². The van der Waals surface area contributed by atoms with Gasteiger partial charge in [0.2, 0.25) is 6.10 Å². The molecule has 118 valence electrons. The van der Waals surface area contributed by atoms with Gasteiger partial charge in [-0.1, -0.05) is 11.5 Å². The first-order chi connectivity index (χ1) is 9.65. The summed E-state index contributed by atoms with van der Waals surface area (Å²) in [7, 11) is -1.52. The van der Waals surface area contributed by atoms with Gasteiger partial charge in [0, 0.05) is 18.5 Å². The molecule has 2 rings (SSSR count). The van der Waals surface area contributed by atoms with Crippen molar-refractivity contribution < 1.29 is 37.9 Å². The Bertz CT molecular complexity index is 438. The molecule has 1 aliphatic heterocycles. The molecule has 2 fully saturated rings. The number of alkyl halides is 3. The zero-order valence-electron chi connectivity index (χ0n) is 11.0. The maximum Gasteiger partial charge on any atom is 0.480 e. The van der Waals surface area contributed by atoms with E-state index in [1.165, 1.54) is 5.98 Å². The maximum atomic E-state index is 12.4. The van der Waals surface area contributed by atoms with Crippen molar-refractivity contribution in [2.24, 2.45) is 5.41 Å². The van der Waals surface area contributed by atoms with E-state index in [1.807, 2.05) is 0 Å². The van der Waals surface area contributed by atoms with Crippen LogP contribution in [0.3, 0.4) is 0 Å². The van der Waals surface area contributed by atoms with Gasteiger partial charge in [0.05, 0.1) is 6.61 Å². The molecule has 1 saturated heterocycles. The Kier molecular flexibility index (Phi) is 4.23. The van der Waals surface area contributed by atoms with E-state index in [-0.39, 0.29) is 18.5 Å². The van der Waals surface area contributed by atoms with E-state index in [0.29, 0.717) is 12.8 Å². The monoisotopic (exact) mass is 309 g/mol. The number of allylic oxidation sites excluding steroid dienone is 1. The first-order valence-electron chi connectivity index (χ1n) is 6.34. The van der Waals surface area contributed by atoms with Gasteiger partial charge < -0.3 is 24.8 Å². The molecule has 0 bridgehead atoms. The molecule has 0 aromatic carbocycles. The smallest absolute Gasteiger partial charge is 0.434 e. The fourth-order valence-corrected chi connectivity index (χ4v) is 2.76. The Hall–Kier alpha value is -1.26. The van der Waals surface area contributed by atoms with Crippen LogP contribution in [0.25, 0.3) is 0 Å². The Balaban J connectivity index is 1.79. The number of carbonyl (C=O) groups excluding carboxylic acids is 1. The molecule has 1 atom stereocenters. The Morgan fingerprint density at radius 1 is 1.43 bits per heavy atom. The highest BCUT2D eigenvalue weighted by atomic mass is 19.4. The summed E-state index contributed by atoms with van der Waals surface area (Å²) < 4.78 is 41.3.